The summed E-state index contributed by atoms with van der Waals surface area (Å²) in [6.45, 7) is 0.959. The number of hydrogen-bond acceptors (Lipinski definition) is 8. The van der Waals surface area contributed by atoms with Crippen molar-refractivity contribution in [3.8, 4) is 11.5 Å². The maximum absolute atomic E-state index is 13.1. The highest BCUT2D eigenvalue weighted by atomic mass is 16.5. The Kier molecular flexibility index (Phi) is 6.52. The Bertz CT molecular complexity index is 1320. The summed E-state index contributed by atoms with van der Waals surface area (Å²) in [7, 11) is 1.22. The topological polar surface area (TPSA) is 130 Å². The van der Waals surface area contributed by atoms with Gasteiger partial charge in [0.1, 0.15) is 17.2 Å². The molecular formula is C25H26BN3O7. The minimum atomic E-state index is -1.82. The van der Waals surface area contributed by atoms with Gasteiger partial charge in [-0.3, -0.25) is 9.59 Å². The van der Waals surface area contributed by atoms with Crippen LogP contribution in [0.1, 0.15) is 33.7 Å². The van der Waals surface area contributed by atoms with E-state index < -0.39 is 13.0 Å². The lowest BCUT2D eigenvalue weighted by Crippen LogP contribution is -2.55. The zero-order valence-electron chi connectivity index (χ0n) is 19.9. The van der Waals surface area contributed by atoms with Gasteiger partial charge in [0, 0.05) is 41.9 Å². The van der Waals surface area contributed by atoms with Crippen molar-refractivity contribution in [1.82, 2.24) is 9.88 Å². The number of nitrogens with zero attached hydrogens (tertiary/aromatic N) is 2. The molecule has 2 heterocycles. The zero-order valence-corrected chi connectivity index (χ0v) is 19.9. The molecule has 0 atom stereocenters. The predicted molar refractivity (Wildman–Crippen MR) is 133 cm³/mol. The molecule has 0 unspecified atom stereocenters. The smallest absolute Gasteiger partial charge is 0.488 e. The van der Waals surface area contributed by atoms with Crippen LogP contribution in [-0.4, -0.2) is 78.4 Å². The molecule has 186 valence electrons. The number of anilines is 1. The Morgan fingerprint density at radius 3 is 2.47 bits per heavy atom. The Hall–Kier alpha value is -3.67. The van der Waals surface area contributed by atoms with Crippen molar-refractivity contribution in [2.45, 2.75) is 25.0 Å². The Balaban J connectivity index is 1.38. The lowest BCUT2D eigenvalue weighted by atomic mass is 9.79. The van der Waals surface area contributed by atoms with Gasteiger partial charge < -0.3 is 34.5 Å². The van der Waals surface area contributed by atoms with E-state index in [1.54, 1.807) is 23.1 Å². The number of hydrogen-bond donors (Lipinski definition) is 3. The van der Waals surface area contributed by atoms with Gasteiger partial charge in [-0.25, -0.2) is 4.98 Å². The largest absolute Gasteiger partial charge is 0.497 e. The number of nitrogens with one attached hydrogen (secondary N) is 1. The molecule has 3 aromatic rings. The molecule has 2 fully saturated rings. The minimum absolute atomic E-state index is 0.0276. The standard InChI is InChI=1S/C25H26BN3O7/c1-34-18-5-6-20-21(10-18)28-22(11-23(20)35-2)24(30)27-16-8-14(7-15(9-16)26(32)33)25(31)29-12-19(13-29)36-17-3-4-17/h5-11,17,19,32-33H,3-4,12-13H2,1-2H3,(H,27,30). The summed E-state index contributed by atoms with van der Waals surface area (Å²) in [5.74, 6) is 0.214. The third-order valence-corrected chi connectivity index (χ3v) is 6.23. The van der Waals surface area contributed by atoms with E-state index in [0.29, 0.717) is 41.6 Å². The minimum Gasteiger partial charge on any atom is -0.497 e. The van der Waals surface area contributed by atoms with Gasteiger partial charge in [0.2, 0.25) is 0 Å². The molecule has 1 saturated heterocycles. The van der Waals surface area contributed by atoms with Crippen molar-refractivity contribution in [3.05, 3.63) is 53.7 Å². The number of pyridine rings is 1. The first-order valence-electron chi connectivity index (χ1n) is 11.6. The zero-order chi connectivity index (χ0) is 25.4. The number of amides is 2. The molecule has 5 rings (SSSR count). The number of ether oxygens (including phenoxy) is 3. The summed E-state index contributed by atoms with van der Waals surface area (Å²) >= 11 is 0. The van der Waals surface area contributed by atoms with Crippen molar-refractivity contribution in [1.29, 1.82) is 0 Å². The maximum atomic E-state index is 13.1. The van der Waals surface area contributed by atoms with Crippen LogP contribution in [0.3, 0.4) is 0 Å². The predicted octanol–water partition coefficient (Wildman–Crippen LogP) is 1.19. The van der Waals surface area contributed by atoms with Crippen LogP contribution >= 0.6 is 0 Å². The number of benzene rings is 2. The van der Waals surface area contributed by atoms with Crippen molar-refractivity contribution >= 4 is 41.0 Å². The fourth-order valence-corrected chi connectivity index (χ4v) is 4.13. The molecule has 1 aliphatic carbocycles. The fraction of sp³-hybridized carbons (Fsp3) is 0.320. The second-order valence-corrected chi connectivity index (χ2v) is 8.93. The first-order chi connectivity index (χ1) is 17.3. The van der Waals surface area contributed by atoms with Crippen LogP contribution in [0.2, 0.25) is 0 Å². The molecular weight excluding hydrogens is 465 g/mol. The molecule has 1 saturated carbocycles. The molecule has 10 nitrogen and oxygen atoms in total. The molecule has 0 radical (unpaired) electrons. The van der Waals surface area contributed by atoms with Gasteiger partial charge in [0.05, 0.1) is 31.9 Å². The van der Waals surface area contributed by atoms with E-state index >= 15 is 0 Å². The van der Waals surface area contributed by atoms with Gasteiger partial charge in [-0.15, -0.1) is 0 Å². The Morgan fingerprint density at radius 2 is 1.81 bits per heavy atom. The monoisotopic (exact) mass is 491 g/mol. The Morgan fingerprint density at radius 1 is 1.03 bits per heavy atom. The number of carbonyl (C=O) groups excluding carboxylic acids is 2. The average Bonchev–Trinajstić information content (AvgIpc) is 3.68. The van der Waals surface area contributed by atoms with Gasteiger partial charge in [-0.1, -0.05) is 0 Å². The van der Waals surface area contributed by atoms with Crippen LogP contribution in [-0.2, 0) is 4.74 Å². The van der Waals surface area contributed by atoms with Gasteiger partial charge in [0.15, 0.2) is 0 Å². The average molecular weight is 491 g/mol. The summed E-state index contributed by atoms with van der Waals surface area (Å²) in [6.07, 6.45) is 2.47. The van der Waals surface area contributed by atoms with E-state index in [1.807, 2.05) is 0 Å². The molecule has 1 aromatic heterocycles. The molecule has 0 spiro atoms. The summed E-state index contributed by atoms with van der Waals surface area (Å²) < 4.78 is 16.5. The number of fused-ring (bicyclic) bond motifs is 1. The molecule has 0 bridgehead atoms. The number of methoxy groups -OCH3 is 2. The number of likely N-dealkylation sites (tertiary alicyclic amines) is 1. The highest BCUT2D eigenvalue weighted by molar-refractivity contribution is 6.58. The van der Waals surface area contributed by atoms with Crippen LogP contribution in [0, 0.1) is 0 Å². The molecule has 2 aromatic carbocycles. The quantitative estimate of drug-likeness (QED) is 0.401. The summed E-state index contributed by atoms with van der Waals surface area (Å²) in [5, 5.41) is 22.9. The van der Waals surface area contributed by atoms with Crippen LogP contribution in [0.15, 0.2) is 42.5 Å². The number of aromatic nitrogens is 1. The van der Waals surface area contributed by atoms with E-state index in [-0.39, 0.29) is 34.4 Å². The third-order valence-electron chi connectivity index (χ3n) is 6.23. The van der Waals surface area contributed by atoms with E-state index in [9.17, 15) is 19.6 Å². The highest BCUT2D eigenvalue weighted by Gasteiger charge is 2.36. The molecule has 11 heteroatoms. The molecule has 36 heavy (non-hydrogen) atoms. The lowest BCUT2D eigenvalue weighted by Gasteiger charge is -2.39. The second-order valence-electron chi connectivity index (χ2n) is 8.93. The molecule has 3 N–H and O–H groups in total. The van der Waals surface area contributed by atoms with Gasteiger partial charge >= 0.3 is 7.12 Å². The van der Waals surface area contributed by atoms with E-state index in [2.05, 4.69) is 10.3 Å². The van der Waals surface area contributed by atoms with E-state index in [0.717, 1.165) is 12.8 Å². The van der Waals surface area contributed by atoms with Crippen molar-refractivity contribution in [3.63, 3.8) is 0 Å². The van der Waals surface area contributed by atoms with Crippen molar-refractivity contribution in [2.24, 2.45) is 0 Å². The van der Waals surface area contributed by atoms with Crippen molar-refractivity contribution < 1.29 is 33.8 Å². The molecule has 2 aliphatic rings. The second kappa shape index (κ2) is 9.77. The van der Waals surface area contributed by atoms with Crippen LogP contribution in [0.25, 0.3) is 10.9 Å². The number of rotatable bonds is 8. The SMILES string of the molecule is COc1ccc2c(OC)cc(C(=O)Nc3cc(B(O)O)cc(C(=O)N4CC(OC5CC5)C4)c3)nc2c1. The maximum Gasteiger partial charge on any atom is 0.488 e. The Labute approximate surface area is 207 Å². The van der Waals surface area contributed by atoms with Gasteiger partial charge in [0.25, 0.3) is 11.8 Å². The van der Waals surface area contributed by atoms with Gasteiger partial charge in [-0.2, -0.15) is 0 Å². The van der Waals surface area contributed by atoms with Crippen LogP contribution in [0.4, 0.5) is 5.69 Å². The summed E-state index contributed by atoms with van der Waals surface area (Å²) in [6, 6.07) is 11.1. The highest BCUT2D eigenvalue weighted by Crippen LogP contribution is 2.30. The molecule has 1 aliphatic heterocycles. The normalized spacial score (nSPS) is 15.4. The van der Waals surface area contributed by atoms with Crippen LogP contribution < -0.4 is 20.3 Å². The van der Waals surface area contributed by atoms with Crippen LogP contribution in [0.5, 0.6) is 11.5 Å². The third kappa shape index (κ3) is 4.99. The first kappa shape index (κ1) is 24.0. The fourth-order valence-electron chi connectivity index (χ4n) is 4.13. The number of carbonyl (C=O) groups is 2. The lowest BCUT2D eigenvalue weighted by molar-refractivity contribution is -0.0503. The first-order valence-corrected chi connectivity index (χ1v) is 11.6. The van der Waals surface area contributed by atoms with E-state index in [1.165, 1.54) is 38.5 Å². The van der Waals surface area contributed by atoms with Crippen molar-refractivity contribution in [2.75, 3.05) is 32.6 Å². The van der Waals surface area contributed by atoms with E-state index in [4.69, 9.17) is 14.2 Å². The molecule has 2 amide bonds. The summed E-state index contributed by atoms with van der Waals surface area (Å²) in [5.41, 5.74) is 1.13. The summed E-state index contributed by atoms with van der Waals surface area (Å²) in [4.78, 5) is 32.2. The van der Waals surface area contributed by atoms with Gasteiger partial charge in [-0.05, 0) is 48.6 Å².